The summed E-state index contributed by atoms with van der Waals surface area (Å²) in [5, 5.41) is 30.3. The minimum Gasteiger partial charge on any atom is -0.477 e. The minimum absolute atomic E-state index is 0.155. The zero-order chi connectivity index (χ0) is 13.3. The van der Waals surface area contributed by atoms with Gasteiger partial charge in [0.25, 0.3) is 0 Å². The van der Waals surface area contributed by atoms with Crippen LogP contribution in [0.15, 0.2) is 15.0 Å². The highest BCUT2D eigenvalue weighted by Gasteiger charge is 2.35. The van der Waals surface area contributed by atoms with Gasteiger partial charge in [0.15, 0.2) is 0 Å². The summed E-state index contributed by atoms with van der Waals surface area (Å²) in [5.74, 6) is -1.75. The molecule has 0 radical (unpaired) electrons. The van der Waals surface area contributed by atoms with Crippen LogP contribution in [0.25, 0.3) is 0 Å². The lowest BCUT2D eigenvalue weighted by molar-refractivity contribution is -0.395. The van der Waals surface area contributed by atoms with Crippen LogP contribution in [-0.4, -0.2) is 20.9 Å². The number of carbonyl (C=O) groups is 1. The normalized spacial score (nSPS) is 10.0. The van der Waals surface area contributed by atoms with E-state index < -0.39 is 32.8 Å². The van der Waals surface area contributed by atoms with Gasteiger partial charge >= 0.3 is 17.3 Å². The Morgan fingerprint density at radius 3 is 1.71 bits per heavy atom. The van der Waals surface area contributed by atoms with Crippen LogP contribution in [0.1, 0.15) is 10.4 Å². The molecule has 0 aliphatic rings. The molecule has 0 atom stereocenters. The fraction of sp³-hybridized carbons (Fsp3) is 0. The van der Waals surface area contributed by atoms with Crippen molar-refractivity contribution in [2.45, 2.75) is 0 Å². The van der Waals surface area contributed by atoms with Gasteiger partial charge in [0.1, 0.15) is 0 Å². The van der Waals surface area contributed by atoms with Gasteiger partial charge in [0.2, 0.25) is 5.56 Å². The molecule has 0 saturated carbocycles. The number of carboxylic acid groups (broad SMARTS) is 1. The van der Waals surface area contributed by atoms with Gasteiger partial charge in [-0.3, -0.25) is 20.2 Å². The van der Waals surface area contributed by atoms with Gasteiger partial charge in [0, 0.05) is 0 Å². The largest absolute Gasteiger partial charge is 0.477 e. The molecule has 1 N–H and O–H groups in total. The van der Waals surface area contributed by atoms with Crippen LogP contribution in [-0.2, 0) is 0 Å². The summed E-state index contributed by atoms with van der Waals surface area (Å²) >= 11 is 5.59. The third kappa shape index (κ3) is 2.42. The van der Waals surface area contributed by atoms with Crippen molar-refractivity contribution in [1.29, 1.82) is 0 Å². The summed E-state index contributed by atoms with van der Waals surface area (Å²) < 4.78 is -0.310. The highest BCUT2D eigenvalue weighted by atomic mass is 79.9. The average molecular weight is 370 g/mol. The number of nitrogens with zero attached hydrogens (tertiary/aromatic N) is 2. The molecule has 8 nitrogen and oxygen atoms in total. The van der Waals surface area contributed by atoms with Crippen molar-refractivity contribution >= 4 is 49.2 Å². The van der Waals surface area contributed by atoms with Crippen molar-refractivity contribution in [3.8, 4) is 0 Å². The number of nitro groups is 2. The summed E-state index contributed by atoms with van der Waals surface area (Å²) in [4.78, 5) is 30.3. The van der Waals surface area contributed by atoms with E-state index in [1.807, 2.05) is 0 Å². The third-order valence-electron chi connectivity index (χ3n) is 1.76. The fourth-order valence-electron chi connectivity index (χ4n) is 1.16. The van der Waals surface area contributed by atoms with Crippen LogP contribution in [0.4, 0.5) is 11.4 Å². The predicted octanol–water partition coefficient (Wildman–Crippen LogP) is 2.73. The lowest BCUT2D eigenvalue weighted by Crippen LogP contribution is -2.08. The molecule has 0 spiro atoms. The van der Waals surface area contributed by atoms with Gasteiger partial charge in [-0.15, -0.1) is 0 Å². The Kier molecular flexibility index (Phi) is 3.78. The maximum absolute atomic E-state index is 10.9. The van der Waals surface area contributed by atoms with Crippen molar-refractivity contribution in [3.63, 3.8) is 0 Å². The van der Waals surface area contributed by atoms with E-state index in [9.17, 15) is 25.0 Å². The molecular formula is C7H2Br2N2O6. The molecule has 17 heavy (non-hydrogen) atoms. The summed E-state index contributed by atoms with van der Waals surface area (Å²) in [6.45, 7) is 0. The molecule has 1 aromatic rings. The van der Waals surface area contributed by atoms with Gasteiger partial charge in [-0.2, -0.15) is 0 Å². The molecule has 0 fully saturated rings. The number of rotatable bonds is 3. The Bertz CT molecular complexity index is 505. The number of carboxylic acids is 1. The molecule has 1 aromatic carbocycles. The fourth-order valence-corrected chi connectivity index (χ4v) is 2.61. The van der Waals surface area contributed by atoms with Gasteiger partial charge in [-0.1, -0.05) is 0 Å². The first kappa shape index (κ1) is 13.5. The molecule has 0 unspecified atom stereocenters. The SMILES string of the molecule is O=C(O)c1c([N+](=O)[O-])c(Br)cc(Br)c1[N+](=O)[O-]. The number of hydrogen-bond acceptors (Lipinski definition) is 5. The van der Waals surface area contributed by atoms with Crippen molar-refractivity contribution < 1.29 is 19.7 Å². The molecule has 10 heteroatoms. The quantitative estimate of drug-likeness (QED) is 0.645. The number of benzene rings is 1. The van der Waals surface area contributed by atoms with Crippen LogP contribution in [0, 0.1) is 20.2 Å². The maximum Gasteiger partial charge on any atom is 0.349 e. The van der Waals surface area contributed by atoms with Crippen molar-refractivity contribution in [3.05, 3.63) is 40.8 Å². The Morgan fingerprint density at radius 1 is 1.12 bits per heavy atom. The van der Waals surface area contributed by atoms with Gasteiger partial charge in [0.05, 0.1) is 18.8 Å². The van der Waals surface area contributed by atoms with E-state index in [0.29, 0.717) is 0 Å². The zero-order valence-corrected chi connectivity index (χ0v) is 10.9. The molecule has 0 aliphatic carbocycles. The molecule has 0 saturated heterocycles. The van der Waals surface area contributed by atoms with E-state index in [1.165, 1.54) is 0 Å². The second-order valence-electron chi connectivity index (χ2n) is 2.73. The highest BCUT2D eigenvalue weighted by molar-refractivity contribution is 9.11. The van der Waals surface area contributed by atoms with E-state index in [4.69, 9.17) is 5.11 Å². The van der Waals surface area contributed by atoms with E-state index in [0.717, 1.165) is 6.07 Å². The Morgan fingerprint density at radius 2 is 1.47 bits per heavy atom. The summed E-state index contributed by atoms with van der Waals surface area (Å²) in [5.41, 5.74) is -2.68. The molecule has 0 bridgehead atoms. The topological polar surface area (TPSA) is 124 Å². The Labute approximate surface area is 110 Å². The zero-order valence-electron chi connectivity index (χ0n) is 7.72. The second kappa shape index (κ2) is 4.75. The van der Waals surface area contributed by atoms with Crippen LogP contribution in [0.5, 0.6) is 0 Å². The van der Waals surface area contributed by atoms with Crippen LogP contribution in [0.2, 0.25) is 0 Å². The first-order valence-electron chi connectivity index (χ1n) is 3.81. The monoisotopic (exact) mass is 368 g/mol. The number of nitro benzene ring substituents is 2. The van der Waals surface area contributed by atoms with Gasteiger partial charge in [-0.25, -0.2) is 4.79 Å². The molecule has 0 aliphatic heterocycles. The van der Waals surface area contributed by atoms with Crippen LogP contribution < -0.4 is 0 Å². The van der Waals surface area contributed by atoms with Crippen molar-refractivity contribution in [2.24, 2.45) is 0 Å². The lowest BCUT2D eigenvalue weighted by Gasteiger charge is -2.03. The molecule has 90 valence electrons. The predicted molar refractivity (Wildman–Crippen MR) is 62.1 cm³/mol. The number of aromatic carboxylic acids is 1. The molecule has 1 rings (SSSR count). The maximum atomic E-state index is 10.9. The van der Waals surface area contributed by atoms with E-state index >= 15 is 0 Å². The van der Waals surface area contributed by atoms with E-state index in [-0.39, 0.29) is 8.95 Å². The molecular weight excluding hydrogens is 368 g/mol. The molecule has 0 amide bonds. The summed E-state index contributed by atoms with van der Waals surface area (Å²) in [7, 11) is 0. The second-order valence-corrected chi connectivity index (χ2v) is 4.44. The van der Waals surface area contributed by atoms with E-state index in [2.05, 4.69) is 31.9 Å². The van der Waals surface area contributed by atoms with Gasteiger partial charge in [-0.05, 0) is 37.9 Å². The third-order valence-corrected chi connectivity index (χ3v) is 2.97. The van der Waals surface area contributed by atoms with E-state index in [1.54, 1.807) is 0 Å². The van der Waals surface area contributed by atoms with Gasteiger partial charge < -0.3 is 5.11 Å². The molecule has 0 aromatic heterocycles. The minimum atomic E-state index is -1.75. The van der Waals surface area contributed by atoms with Crippen molar-refractivity contribution in [2.75, 3.05) is 0 Å². The first-order chi connectivity index (χ1) is 7.77. The lowest BCUT2D eigenvalue weighted by atomic mass is 10.1. The highest BCUT2D eigenvalue weighted by Crippen LogP contribution is 2.40. The smallest absolute Gasteiger partial charge is 0.349 e. The standard InChI is InChI=1S/C7H2Br2N2O6/c8-2-1-3(9)6(11(16)17)4(7(12)13)5(2)10(14)15/h1H,(H,12,13). The number of halogens is 2. The van der Waals surface area contributed by atoms with Crippen LogP contribution >= 0.6 is 31.9 Å². The summed E-state index contributed by atoms with van der Waals surface area (Å²) in [6, 6.07) is 1.06. The average Bonchev–Trinajstić information content (AvgIpc) is 2.14. The summed E-state index contributed by atoms with van der Waals surface area (Å²) in [6.07, 6.45) is 0. The van der Waals surface area contributed by atoms with Crippen LogP contribution in [0.3, 0.4) is 0 Å². The Hall–Kier alpha value is -1.55. The molecule has 0 heterocycles. The number of hydrogen-bond donors (Lipinski definition) is 1. The Balaban J connectivity index is 3.85. The van der Waals surface area contributed by atoms with Crippen molar-refractivity contribution in [1.82, 2.24) is 0 Å². The first-order valence-corrected chi connectivity index (χ1v) is 5.40.